The quantitative estimate of drug-likeness (QED) is 0.00926. The van der Waals surface area contributed by atoms with Crippen LogP contribution in [0.25, 0.3) is 0 Å². The highest BCUT2D eigenvalue weighted by molar-refractivity contribution is 9.08. The lowest BCUT2D eigenvalue weighted by Gasteiger charge is -2.64. The number of aliphatic hydroxyl groups is 7. The number of ether oxygens (including phenoxy) is 16. The fourth-order valence-corrected chi connectivity index (χ4v) is 29.3. The fraction of sp³-hybridized carbons (Fsp3) is 0.776. The van der Waals surface area contributed by atoms with Crippen molar-refractivity contribution < 1.29 is 134 Å². The van der Waals surface area contributed by atoms with Gasteiger partial charge in [0.25, 0.3) is 10.1 Å². The van der Waals surface area contributed by atoms with Crippen molar-refractivity contribution in [2.24, 2.45) is 23.7 Å². The lowest BCUT2D eigenvalue weighted by atomic mass is 9.48. The molecule has 12 fully saturated rings. The van der Waals surface area contributed by atoms with Crippen LogP contribution in [0.15, 0.2) is 48.5 Å². The van der Waals surface area contributed by atoms with Crippen molar-refractivity contribution in [2.75, 3.05) is 200 Å². The van der Waals surface area contributed by atoms with Crippen LogP contribution in [0.2, 0.25) is 0 Å². The average Bonchev–Trinajstić information content (AvgIpc) is 1.49. The van der Waals surface area contributed by atoms with Crippen molar-refractivity contribution in [3.05, 3.63) is 93.0 Å². The summed E-state index contributed by atoms with van der Waals surface area (Å²) in [7, 11) is 7.24. The zero-order valence-electron chi connectivity index (χ0n) is 84.2. The van der Waals surface area contributed by atoms with E-state index in [1.165, 1.54) is 99.3 Å². The molecule has 8 aliphatic heterocycles. The number of halogens is 2. The highest BCUT2D eigenvalue weighted by Gasteiger charge is 2.78. The number of piperidine rings is 4. The Kier molecular flexibility index (Phi) is 36.0. The fourth-order valence-electron chi connectivity index (χ4n) is 29.2. The summed E-state index contributed by atoms with van der Waals surface area (Å²) >= 11 is 8.10. The Bertz CT molecular complexity index is 4960. The molecule has 20 atom stereocenters. The van der Waals surface area contributed by atoms with E-state index < -0.39 is 78.6 Å². The van der Waals surface area contributed by atoms with E-state index in [0.29, 0.717) is 127 Å². The SMILES string of the molecule is C.CBr.CO.COCCOCCl.COCCOCOc1ccc2c3c1OC1[C@@H](O)CC[C@@]4(O)[C@@H](C2)N(CC2CCC2)CC[C@]314.COCCOCOc1ccc2c3c1OC1[C@@H](OCCOC)CC[C@@]4(O)[C@@H](C2)N(CC2CCC2)CC[C@]314.COCCO[C@H]1CC[C@@]2(O)[C@H]3Cc4ccc(O)c5c4[C@@]2(CCN3CC2CCC2)C1O5.COS(C)(=O)=O.Oc1ccc2c3c1OC1[C@@H](O)CC[C@@]4(O)[C@@H](C2)N(CC2CCC2)CC[C@]314. The molecule has 8 heterocycles. The molecule has 32 nitrogen and oxygen atoms in total. The molecule has 0 aromatic heterocycles. The van der Waals surface area contributed by atoms with Crippen LogP contribution in [-0.4, -0.2) is 369 Å². The van der Waals surface area contributed by atoms with Crippen LogP contribution < -0.4 is 28.4 Å². The van der Waals surface area contributed by atoms with Crippen LogP contribution in [0.3, 0.4) is 0 Å². The Balaban J connectivity index is 0.000000129. The second kappa shape index (κ2) is 46.5. The maximum Gasteiger partial charge on any atom is 0.264 e. The van der Waals surface area contributed by atoms with Gasteiger partial charge in [-0.1, -0.05) is 84.9 Å². The minimum atomic E-state index is -3.16. The average molecular weight is 2100 g/mol. The first kappa shape index (κ1) is 110. The number of aromatic hydroxyl groups is 2. The number of rotatable bonds is 33. The normalized spacial score (nSPS) is 34.6. The topological polar surface area (TPSA) is 386 Å². The number of phenols is 2. The molecule has 142 heavy (non-hydrogen) atoms. The van der Waals surface area contributed by atoms with E-state index >= 15 is 0 Å². The van der Waals surface area contributed by atoms with Crippen molar-refractivity contribution in [3.63, 3.8) is 0 Å². The lowest BCUT2D eigenvalue weighted by Crippen LogP contribution is -2.77. The van der Waals surface area contributed by atoms with Gasteiger partial charge in [0, 0.05) is 115 Å². The van der Waals surface area contributed by atoms with Crippen molar-refractivity contribution in [1.29, 1.82) is 0 Å². The molecule has 20 aliphatic rings. The van der Waals surface area contributed by atoms with E-state index in [1.807, 2.05) is 24.0 Å². The number of likely N-dealkylation sites (tertiary alicyclic amines) is 4. The third-order valence-corrected chi connectivity index (χ3v) is 37.2. The van der Waals surface area contributed by atoms with Gasteiger partial charge in [-0.05, 0) is 256 Å². The van der Waals surface area contributed by atoms with Crippen LogP contribution in [0.5, 0.6) is 46.0 Å². The lowest BCUT2D eigenvalue weighted by molar-refractivity contribution is -0.217. The van der Waals surface area contributed by atoms with E-state index in [1.54, 1.807) is 47.7 Å². The zero-order valence-corrected chi connectivity index (χ0v) is 87.4. The third kappa shape index (κ3) is 19.4. The van der Waals surface area contributed by atoms with Crippen molar-refractivity contribution in [2.45, 2.75) is 304 Å². The van der Waals surface area contributed by atoms with Crippen LogP contribution in [0.4, 0.5) is 0 Å². The van der Waals surface area contributed by atoms with Crippen molar-refractivity contribution >= 4 is 37.6 Å². The summed E-state index contributed by atoms with van der Waals surface area (Å²) in [4.78, 5) is 10.3. The second-order valence-electron chi connectivity index (χ2n) is 42.8. The monoisotopic (exact) mass is 2100 g/mol. The minimum Gasteiger partial charge on any atom is -0.504 e. The Hall–Kier alpha value is -4.88. The van der Waals surface area contributed by atoms with Gasteiger partial charge in [0.2, 0.25) is 0 Å². The molecule has 4 aromatic rings. The molecule has 0 radical (unpaired) electrons. The minimum absolute atomic E-state index is 0. The first-order chi connectivity index (χ1) is 68.3. The number of alkyl halides is 2. The number of phenolic OH excluding ortho intramolecular Hbond substituents is 2. The molecule has 24 rings (SSSR count). The highest BCUT2D eigenvalue weighted by atomic mass is 79.9. The van der Waals surface area contributed by atoms with Gasteiger partial charge >= 0.3 is 0 Å². The van der Waals surface area contributed by atoms with Crippen LogP contribution in [0.1, 0.15) is 206 Å². The third-order valence-electron chi connectivity index (χ3n) is 36.5. The molecule has 4 unspecified atom stereocenters. The molecule has 12 aliphatic carbocycles. The second-order valence-corrected chi connectivity index (χ2v) is 44.8. The molecule has 798 valence electrons. The van der Waals surface area contributed by atoms with Crippen molar-refractivity contribution in [3.8, 4) is 46.0 Å². The van der Waals surface area contributed by atoms with Gasteiger partial charge in [0.1, 0.15) is 30.5 Å². The van der Waals surface area contributed by atoms with Crippen LogP contribution >= 0.6 is 27.5 Å². The van der Waals surface area contributed by atoms with E-state index in [9.17, 15) is 49.3 Å². The van der Waals surface area contributed by atoms with Gasteiger partial charge in [-0.2, -0.15) is 8.42 Å². The first-order valence-corrected chi connectivity index (χ1v) is 56.0. The van der Waals surface area contributed by atoms with Crippen LogP contribution in [0, 0.1) is 23.7 Å². The molecule has 4 saturated heterocycles. The van der Waals surface area contributed by atoms with Crippen molar-refractivity contribution in [1.82, 2.24) is 19.6 Å². The Morgan fingerprint density at radius 1 is 0.387 bits per heavy atom. The first-order valence-electron chi connectivity index (χ1n) is 52.0. The van der Waals surface area contributed by atoms with Gasteiger partial charge in [0.15, 0.2) is 59.6 Å². The Morgan fingerprint density at radius 2 is 0.662 bits per heavy atom. The number of hydrogen-bond acceptors (Lipinski definition) is 32. The van der Waals surface area contributed by atoms with Gasteiger partial charge in [-0.3, -0.25) is 23.8 Å². The Labute approximate surface area is 853 Å². The zero-order chi connectivity index (χ0) is 99.6. The number of benzene rings is 4. The molecule has 35 heteroatoms. The maximum absolute atomic E-state index is 12.7. The van der Waals surface area contributed by atoms with Gasteiger partial charge in [-0.25, -0.2) is 0 Å². The predicted octanol–water partition coefficient (Wildman–Crippen LogP) is 10.5. The molecule has 8 bridgehead atoms. The number of nitrogens with zero attached hydrogens (tertiary/aromatic N) is 4. The summed E-state index contributed by atoms with van der Waals surface area (Å²) in [5.41, 5.74) is 3.65. The van der Waals surface area contributed by atoms with Gasteiger partial charge in [0.05, 0.1) is 148 Å². The molecule has 4 aromatic carbocycles. The van der Waals surface area contributed by atoms with E-state index in [-0.39, 0.29) is 87.2 Å². The van der Waals surface area contributed by atoms with E-state index in [2.05, 4.69) is 62.6 Å². The Morgan fingerprint density at radius 3 is 0.965 bits per heavy atom. The number of hydrogen-bond donors (Lipinski definition) is 9. The standard InChI is InChI=1S/C28H41NO7.C25H35NO6.C24H33NO5.C21H27NO4.C4H9ClO2.C2H6O3S.CH3Br.CH4O.CH4/c1-31-12-14-33-18-35-21-7-6-20-16-23-28(30)9-8-22(34-15-13-32-2)26-27(28,24(20)25(21)36-26)10-11-29(23)17-19-4-3-5-19;1-29-11-12-30-15-31-19-6-5-17-13-20-25(28)8-7-18(27)23-24(25,21(17)22(19)32-23)9-10-26(20)14-16-3-2-4-16;1-28-11-12-29-18-7-8-24(27)19-13-16-5-6-17(26)21-20(16)23(24,22(18)30-21)9-10-25(19)14-15-3-2-4-15;23-14-5-4-13-10-16-21(25)7-6-15(24)19-20(21,17(13)18(14)26-19)8-9-22(16)11-12-2-1-3-12;1-6-2-3-7-4-5;1-5-6(2,3)4;2*1-2;/h6-7,19,22-23,26,30H,3-5,8-18H2,1-2H3;5-6,16,18,20,23,27-28H,2-4,7-15H2,1H3;5-6,15,18-19,22,26-27H,2-4,7-14H2,1H3;4-5,12,15-16,19,23-25H,1-3,6-11H2;2-4H2,1H3;1-2H3;1H3;2H,1H3;1H4/t22-,23+,26?,27-,28+;18-,20+,23?,24-,25+;18-,19+,22?,23-,24+;15-,16+,19?,20-,21+;;;;;/m0000...../s1. The molecule has 9 N–H and O–H groups in total. The summed E-state index contributed by atoms with van der Waals surface area (Å²) < 4.78 is 115. The molecular weight excluding hydrogens is 1940 g/mol. The summed E-state index contributed by atoms with van der Waals surface area (Å²) in [5.74, 6) is 9.13. The van der Waals surface area contributed by atoms with E-state index in [4.69, 9.17) is 87.8 Å². The molecular formula is C107H162BrClN4O28S. The van der Waals surface area contributed by atoms with E-state index in [0.717, 1.165) is 195 Å². The highest BCUT2D eigenvalue weighted by Crippen LogP contribution is 2.72. The number of methoxy groups -OCH3 is 5. The smallest absolute Gasteiger partial charge is 0.264 e. The maximum atomic E-state index is 12.7. The summed E-state index contributed by atoms with van der Waals surface area (Å²) in [6.07, 6.45) is 26.1. The number of aliphatic hydroxyl groups excluding tert-OH is 3. The summed E-state index contributed by atoms with van der Waals surface area (Å²) in [6.45, 7) is 13.7. The largest absolute Gasteiger partial charge is 0.504 e. The van der Waals surface area contributed by atoms with Gasteiger partial charge < -0.3 is 122 Å². The van der Waals surface area contributed by atoms with Crippen LogP contribution in [-0.2, 0) is 109 Å². The summed E-state index contributed by atoms with van der Waals surface area (Å²) in [5, 5.41) is 99.2. The van der Waals surface area contributed by atoms with Gasteiger partial charge in [-0.15, -0.1) is 0 Å². The predicted molar refractivity (Wildman–Crippen MR) is 536 cm³/mol. The summed E-state index contributed by atoms with van der Waals surface area (Å²) in [6, 6.07) is 16.5. The molecule has 4 spiro atoms. The molecule has 8 saturated carbocycles. The molecule has 0 amide bonds.